The van der Waals surface area contributed by atoms with E-state index in [9.17, 15) is 13.2 Å². The second-order valence-corrected chi connectivity index (χ2v) is 6.01. The van der Waals surface area contributed by atoms with E-state index in [4.69, 9.17) is 5.73 Å². The first-order valence-electron chi connectivity index (χ1n) is 7.08. The van der Waals surface area contributed by atoms with Gasteiger partial charge in [-0.3, -0.25) is 4.90 Å². The smallest absolute Gasteiger partial charge is 0.327 e. The summed E-state index contributed by atoms with van der Waals surface area (Å²) >= 11 is 0. The maximum absolute atomic E-state index is 13.0. The Labute approximate surface area is 116 Å². The number of nitrogens with two attached hydrogens (primary N) is 1. The fourth-order valence-electron chi connectivity index (χ4n) is 3.70. The molecule has 1 saturated heterocycles. The number of benzene rings is 1. The second kappa shape index (κ2) is 5.04. The van der Waals surface area contributed by atoms with Crippen LogP contribution in [-0.2, 0) is 12.7 Å². The van der Waals surface area contributed by atoms with Crippen molar-refractivity contribution in [1.82, 2.24) is 4.90 Å². The van der Waals surface area contributed by atoms with Crippen molar-refractivity contribution >= 4 is 0 Å². The average molecular weight is 284 g/mol. The van der Waals surface area contributed by atoms with Gasteiger partial charge in [-0.15, -0.1) is 0 Å². The highest BCUT2D eigenvalue weighted by atomic mass is 19.4. The van der Waals surface area contributed by atoms with E-state index in [0.717, 1.165) is 32.0 Å². The van der Waals surface area contributed by atoms with Gasteiger partial charge in [-0.1, -0.05) is 18.2 Å². The SMILES string of the molecule is NC1CCC2CN(Cc3ccccc3C(F)(F)F)CC12. The third kappa shape index (κ3) is 2.56. The number of nitrogens with zero attached hydrogens (tertiary/aromatic N) is 1. The van der Waals surface area contributed by atoms with Crippen LogP contribution in [0.4, 0.5) is 13.2 Å². The Hall–Kier alpha value is -1.07. The number of likely N-dealkylation sites (tertiary alicyclic amines) is 1. The highest BCUT2D eigenvalue weighted by Crippen LogP contribution is 2.39. The van der Waals surface area contributed by atoms with Crippen LogP contribution in [0.15, 0.2) is 24.3 Å². The van der Waals surface area contributed by atoms with Crippen LogP contribution in [0, 0.1) is 11.8 Å². The Kier molecular flexibility index (Phi) is 3.50. The molecule has 1 saturated carbocycles. The van der Waals surface area contributed by atoms with E-state index in [1.165, 1.54) is 6.07 Å². The zero-order chi connectivity index (χ0) is 14.3. The standard InChI is InChI=1S/C15H19F3N2/c16-15(17,18)13-4-2-1-3-11(13)8-20-7-10-5-6-14(19)12(10)9-20/h1-4,10,12,14H,5-9,19H2. The van der Waals surface area contributed by atoms with Crippen molar-refractivity contribution in [2.45, 2.75) is 31.6 Å². The van der Waals surface area contributed by atoms with Crippen LogP contribution in [0.3, 0.4) is 0 Å². The third-order valence-corrected chi connectivity index (χ3v) is 4.70. The fourth-order valence-corrected chi connectivity index (χ4v) is 3.70. The summed E-state index contributed by atoms with van der Waals surface area (Å²) in [6.45, 7) is 2.08. The van der Waals surface area contributed by atoms with Crippen LogP contribution < -0.4 is 5.73 Å². The maximum atomic E-state index is 13.0. The van der Waals surface area contributed by atoms with Crippen molar-refractivity contribution in [2.24, 2.45) is 17.6 Å². The maximum Gasteiger partial charge on any atom is 0.416 e. The lowest BCUT2D eigenvalue weighted by Gasteiger charge is -2.21. The van der Waals surface area contributed by atoms with Crippen LogP contribution in [0.25, 0.3) is 0 Å². The molecule has 3 unspecified atom stereocenters. The van der Waals surface area contributed by atoms with Gasteiger partial charge >= 0.3 is 6.18 Å². The minimum atomic E-state index is -4.28. The normalized spacial score (nSPS) is 30.7. The van der Waals surface area contributed by atoms with Crippen LogP contribution in [0.5, 0.6) is 0 Å². The zero-order valence-electron chi connectivity index (χ0n) is 11.2. The minimum Gasteiger partial charge on any atom is -0.327 e. The molecule has 3 atom stereocenters. The first-order valence-corrected chi connectivity index (χ1v) is 7.08. The molecule has 20 heavy (non-hydrogen) atoms. The summed E-state index contributed by atoms with van der Waals surface area (Å²) in [6.07, 6.45) is -2.10. The number of halogens is 3. The lowest BCUT2D eigenvalue weighted by atomic mass is 9.98. The van der Waals surface area contributed by atoms with Crippen LogP contribution in [0.1, 0.15) is 24.0 Å². The molecule has 2 N–H and O–H groups in total. The molecule has 0 bridgehead atoms. The molecule has 2 aliphatic rings. The largest absolute Gasteiger partial charge is 0.416 e. The predicted octanol–water partition coefficient (Wildman–Crippen LogP) is 2.87. The summed E-state index contributed by atoms with van der Waals surface area (Å²) in [4.78, 5) is 2.12. The molecule has 1 aromatic carbocycles. The molecule has 3 rings (SSSR count). The van der Waals surface area contributed by atoms with Crippen molar-refractivity contribution in [3.05, 3.63) is 35.4 Å². The lowest BCUT2D eigenvalue weighted by Crippen LogP contribution is -2.30. The lowest BCUT2D eigenvalue weighted by molar-refractivity contribution is -0.138. The monoisotopic (exact) mass is 284 g/mol. The van der Waals surface area contributed by atoms with E-state index in [-0.39, 0.29) is 6.04 Å². The Morgan fingerprint density at radius 2 is 1.90 bits per heavy atom. The van der Waals surface area contributed by atoms with Gasteiger partial charge in [-0.25, -0.2) is 0 Å². The van der Waals surface area contributed by atoms with Crippen molar-refractivity contribution in [3.8, 4) is 0 Å². The van der Waals surface area contributed by atoms with Crippen molar-refractivity contribution in [3.63, 3.8) is 0 Å². The number of hydrogen-bond donors (Lipinski definition) is 1. The van der Waals surface area contributed by atoms with Crippen LogP contribution in [0.2, 0.25) is 0 Å². The second-order valence-electron chi connectivity index (χ2n) is 6.01. The van der Waals surface area contributed by atoms with Gasteiger partial charge in [0.25, 0.3) is 0 Å². The van der Waals surface area contributed by atoms with Gasteiger partial charge in [0.2, 0.25) is 0 Å². The highest BCUT2D eigenvalue weighted by molar-refractivity contribution is 5.29. The highest BCUT2D eigenvalue weighted by Gasteiger charge is 2.41. The Morgan fingerprint density at radius 1 is 1.15 bits per heavy atom. The molecule has 2 nitrogen and oxygen atoms in total. The summed E-state index contributed by atoms with van der Waals surface area (Å²) in [5, 5.41) is 0. The quantitative estimate of drug-likeness (QED) is 0.905. The van der Waals surface area contributed by atoms with Crippen LogP contribution in [-0.4, -0.2) is 24.0 Å². The van der Waals surface area contributed by atoms with Gasteiger partial charge in [-0.2, -0.15) is 13.2 Å². The van der Waals surface area contributed by atoms with Gasteiger partial charge in [0.1, 0.15) is 0 Å². The molecule has 0 aromatic heterocycles. The van der Waals surface area contributed by atoms with Gasteiger partial charge < -0.3 is 5.73 Å². The van der Waals surface area contributed by atoms with Gasteiger partial charge in [0, 0.05) is 25.7 Å². The molecule has 0 spiro atoms. The molecule has 0 amide bonds. The van der Waals surface area contributed by atoms with E-state index in [0.29, 0.717) is 23.9 Å². The zero-order valence-corrected chi connectivity index (χ0v) is 11.2. The Balaban J connectivity index is 1.74. The molecule has 1 aliphatic heterocycles. The molecular formula is C15H19F3N2. The molecule has 110 valence electrons. The summed E-state index contributed by atoms with van der Waals surface area (Å²) in [5.74, 6) is 1.04. The van der Waals surface area contributed by atoms with Crippen molar-refractivity contribution in [1.29, 1.82) is 0 Å². The van der Waals surface area contributed by atoms with Gasteiger partial charge in [-0.05, 0) is 36.3 Å². The summed E-state index contributed by atoms with van der Waals surface area (Å²) in [6, 6.07) is 6.09. The van der Waals surface area contributed by atoms with E-state index in [1.807, 2.05) is 0 Å². The van der Waals surface area contributed by atoms with Crippen molar-refractivity contribution < 1.29 is 13.2 Å². The Morgan fingerprint density at radius 3 is 2.60 bits per heavy atom. The molecule has 1 aliphatic carbocycles. The molecular weight excluding hydrogens is 265 g/mol. The van der Waals surface area contributed by atoms with Crippen molar-refractivity contribution in [2.75, 3.05) is 13.1 Å². The van der Waals surface area contributed by atoms with E-state index >= 15 is 0 Å². The van der Waals surface area contributed by atoms with E-state index in [1.54, 1.807) is 12.1 Å². The molecule has 1 aromatic rings. The number of alkyl halides is 3. The van der Waals surface area contributed by atoms with Gasteiger partial charge in [0.05, 0.1) is 5.56 Å². The number of fused-ring (bicyclic) bond motifs is 1. The Bertz CT molecular complexity index is 486. The third-order valence-electron chi connectivity index (χ3n) is 4.70. The topological polar surface area (TPSA) is 29.3 Å². The van der Waals surface area contributed by atoms with Crippen LogP contribution >= 0.6 is 0 Å². The summed E-state index contributed by atoms with van der Waals surface area (Å²) in [5.41, 5.74) is 5.92. The number of rotatable bonds is 2. The summed E-state index contributed by atoms with van der Waals surface area (Å²) < 4.78 is 38.9. The van der Waals surface area contributed by atoms with Gasteiger partial charge in [0.15, 0.2) is 0 Å². The first kappa shape index (κ1) is 13.9. The minimum absolute atomic E-state index is 0.225. The van der Waals surface area contributed by atoms with E-state index in [2.05, 4.69) is 4.90 Å². The fraction of sp³-hybridized carbons (Fsp3) is 0.600. The molecule has 5 heteroatoms. The first-order chi connectivity index (χ1) is 9.45. The molecule has 2 fully saturated rings. The average Bonchev–Trinajstić information content (AvgIpc) is 2.91. The molecule has 1 heterocycles. The number of hydrogen-bond acceptors (Lipinski definition) is 2. The van der Waals surface area contributed by atoms with E-state index < -0.39 is 11.7 Å². The summed E-state index contributed by atoms with van der Waals surface area (Å²) in [7, 11) is 0. The molecule has 0 radical (unpaired) electrons. The predicted molar refractivity (Wildman–Crippen MR) is 70.9 cm³/mol.